The van der Waals surface area contributed by atoms with E-state index in [1.807, 2.05) is 6.92 Å². The van der Waals surface area contributed by atoms with E-state index >= 15 is 0 Å². The van der Waals surface area contributed by atoms with Crippen LogP contribution in [0, 0.1) is 0 Å². The molecule has 0 fully saturated rings. The largest absolute Gasteiger partial charge is 0.504 e. The molecule has 0 aliphatic heterocycles. The number of aromatic nitrogens is 1. The molecule has 6 nitrogen and oxygen atoms in total. The van der Waals surface area contributed by atoms with Crippen LogP contribution < -0.4 is 4.74 Å². The average molecular weight is 263 g/mol. The van der Waals surface area contributed by atoms with Crippen molar-refractivity contribution >= 4 is 5.97 Å². The Bertz CT molecular complexity index is 617. The number of hydrogen-bond acceptors (Lipinski definition) is 5. The van der Waals surface area contributed by atoms with Crippen LogP contribution in [0.4, 0.5) is 0 Å². The molecule has 0 saturated carbocycles. The van der Waals surface area contributed by atoms with Crippen molar-refractivity contribution in [1.82, 2.24) is 5.16 Å². The first-order valence-corrected chi connectivity index (χ1v) is 5.67. The topological polar surface area (TPSA) is 92.8 Å². The van der Waals surface area contributed by atoms with Crippen molar-refractivity contribution in [3.8, 4) is 22.8 Å². The highest BCUT2D eigenvalue weighted by Gasteiger charge is 2.18. The number of carbonyl (C=O) groups is 1. The Hall–Kier alpha value is -2.50. The lowest BCUT2D eigenvalue weighted by atomic mass is 10.0. The highest BCUT2D eigenvalue weighted by Crippen LogP contribution is 2.38. The second-order valence-corrected chi connectivity index (χ2v) is 3.93. The standard InChI is InChI=1S/C13H13NO5/c1-3-7-4-8(12(15)10(5-7)18-2)9-6-11(13(16)17)19-14-9/h4-6,15H,3H2,1-2H3,(H,16,17). The van der Waals surface area contributed by atoms with Crippen molar-refractivity contribution in [2.75, 3.05) is 7.11 Å². The van der Waals surface area contributed by atoms with Gasteiger partial charge in [0.25, 0.3) is 0 Å². The van der Waals surface area contributed by atoms with Crippen LogP contribution in [0.25, 0.3) is 11.3 Å². The van der Waals surface area contributed by atoms with Crippen molar-refractivity contribution in [3.63, 3.8) is 0 Å². The van der Waals surface area contributed by atoms with Gasteiger partial charge in [0, 0.05) is 11.6 Å². The molecule has 2 rings (SSSR count). The molecule has 0 aliphatic carbocycles. The van der Waals surface area contributed by atoms with Gasteiger partial charge in [-0.1, -0.05) is 12.1 Å². The molecule has 2 N–H and O–H groups in total. The molecule has 0 spiro atoms. The predicted molar refractivity (Wildman–Crippen MR) is 66.5 cm³/mol. The molecule has 0 saturated heterocycles. The van der Waals surface area contributed by atoms with E-state index in [1.54, 1.807) is 12.1 Å². The van der Waals surface area contributed by atoms with E-state index in [0.717, 1.165) is 12.0 Å². The van der Waals surface area contributed by atoms with Gasteiger partial charge in [-0.05, 0) is 24.1 Å². The van der Waals surface area contributed by atoms with Crippen LogP contribution in [0.15, 0.2) is 22.7 Å². The van der Waals surface area contributed by atoms with Crippen molar-refractivity contribution in [2.24, 2.45) is 0 Å². The van der Waals surface area contributed by atoms with Crippen LogP contribution in [0.5, 0.6) is 11.5 Å². The lowest BCUT2D eigenvalue weighted by Crippen LogP contribution is -1.92. The Morgan fingerprint density at radius 2 is 2.16 bits per heavy atom. The first-order valence-electron chi connectivity index (χ1n) is 5.67. The Kier molecular flexibility index (Phi) is 3.41. The number of ether oxygens (including phenoxy) is 1. The first-order chi connectivity index (χ1) is 9.06. The lowest BCUT2D eigenvalue weighted by molar-refractivity contribution is 0.0652. The van der Waals surface area contributed by atoms with Gasteiger partial charge in [-0.25, -0.2) is 4.79 Å². The van der Waals surface area contributed by atoms with Crippen LogP contribution in [-0.2, 0) is 6.42 Å². The molecule has 19 heavy (non-hydrogen) atoms. The van der Waals surface area contributed by atoms with Gasteiger partial charge in [0.1, 0.15) is 5.69 Å². The number of rotatable bonds is 4. The number of benzene rings is 1. The Balaban J connectivity index is 2.56. The number of carboxylic acids is 1. The normalized spacial score (nSPS) is 10.4. The summed E-state index contributed by atoms with van der Waals surface area (Å²) in [6.07, 6.45) is 0.743. The fourth-order valence-electron chi connectivity index (χ4n) is 1.72. The summed E-state index contributed by atoms with van der Waals surface area (Å²) in [4.78, 5) is 10.8. The zero-order chi connectivity index (χ0) is 14.0. The third kappa shape index (κ3) is 2.37. The maximum Gasteiger partial charge on any atom is 0.374 e. The lowest BCUT2D eigenvalue weighted by Gasteiger charge is -2.09. The summed E-state index contributed by atoms with van der Waals surface area (Å²) in [5, 5.41) is 22.5. The van der Waals surface area contributed by atoms with E-state index < -0.39 is 5.97 Å². The molecule has 0 bridgehead atoms. The summed E-state index contributed by atoms with van der Waals surface area (Å²) >= 11 is 0. The molecule has 100 valence electrons. The monoisotopic (exact) mass is 263 g/mol. The maximum atomic E-state index is 10.8. The quantitative estimate of drug-likeness (QED) is 0.879. The third-order valence-corrected chi connectivity index (χ3v) is 2.76. The predicted octanol–water partition coefficient (Wildman–Crippen LogP) is 2.32. The molecule has 1 aromatic heterocycles. The van der Waals surface area contributed by atoms with Gasteiger partial charge in [-0.2, -0.15) is 0 Å². The minimum absolute atomic E-state index is 0.0926. The SMILES string of the molecule is CCc1cc(OC)c(O)c(-c2cc(C(=O)O)on2)c1. The summed E-state index contributed by atoms with van der Waals surface area (Å²) in [5.41, 5.74) is 1.57. The summed E-state index contributed by atoms with van der Waals surface area (Å²) < 4.78 is 9.76. The third-order valence-electron chi connectivity index (χ3n) is 2.76. The minimum atomic E-state index is -1.21. The summed E-state index contributed by atoms with van der Waals surface area (Å²) in [6, 6.07) is 4.70. The van der Waals surface area contributed by atoms with E-state index in [4.69, 9.17) is 9.84 Å². The maximum absolute atomic E-state index is 10.8. The van der Waals surface area contributed by atoms with Crippen LogP contribution in [-0.4, -0.2) is 28.4 Å². The van der Waals surface area contributed by atoms with Crippen LogP contribution in [0.2, 0.25) is 0 Å². The van der Waals surface area contributed by atoms with Gasteiger partial charge in [0.05, 0.1) is 7.11 Å². The second-order valence-electron chi connectivity index (χ2n) is 3.93. The smallest absolute Gasteiger partial charge is 0.374 e. The average Bonchev–Trinajstić information content (AvgIpc) is 2.88. The van der Waals surface area contributed by atoms with Gasteiger partial charge in [-0.3, -0.25) is 0 Å². The number of aryl methyl sites for hydroxylation is 1. The number of aromatic carboxylic acids is 1. The molecular formula is C13H13NO5. The van der Waals surface area contributed by atoms with Crippen molar-refractivity contribution in [1.29, 1.82) is 0 Å². The zero-order valence-electron chi connectivity index (χ0n) is 10.5. The molecule has 0 unspecified atom stereocenters. The fraction of sp³-hybridized carbons (Fsp3) is 0.231. The number of methoxy groups -OCH3 is 1. The van der Waals surface area contributed by atoms with Crippen molar-refractivity contribution in [2.45, 2.75) is 13.3 Å². The number of phenolic OH excluding ortho intramolecular Hbond substituents is 1. The molecule has 0 aliphatic rings. The summed E-state index contributed by atoms with van der Waals surface area (Å²) in [5.74, 6) is -1.27. The van der Waals surface area contributed by atoms with E-state index in [2.05, 4.69) is 9.68 Å². The number of carboxylic acid groups (broad SMARTS) is 1. The van der Waals surface area contributed by atoms with Crippen molar-refractivity contribution in [3.05, 3.63) is 29.5 Å². The van der Waals surface area contributed by atoms with E-state index in [9.17, 15) is 9.90 Å². The number of hydrogen-bond donors (Lipinski definition) is 2. The van der Waals surface area contributed by atoms with E-state index in [1.165, 1.54) is 13.2 Å². The van der Waals surface area contributed by atoms with Crippen LogP contribution >= 0.6 is 0 Å². The highest BCUT2D eigenvalue weighted by molar-refractivity contribution is 5.86. The molecular weight excluding hydrogens is 250 g/mol. The zero-order valence-corrected chi connectivity index (χ0v) is 10.5. The first kappa shape index (κ1) is 12.9. The van der Waals surface area contributed by atoms with Crippen LogP contribution in [0.3, 0.4) is 0 Å². The Labute approximate surface area is 109 Å². The van der Waals surface area contributed by atoms with E-state index in [-0.39, 0.29) is 17.2 Å². The molecule has 2 aromatic rings. The molecule has 6 heteroatoms. The number of phenols is 1. The van der Waals surface area contributed by atoms with E-state index in [0.29, 0.717) is 11.3 Å². The van der Waals surface area contributed by atoms with Gasteiger partial charge in [0.15, 0.2) is 11.5 Å². The fourth-order valence-corrected chi connectivity index (χ4v) is 1.72. The minimum Gasteiger partial charge on any atom is -0.504 e. The molecule has 0 amide bonds. The Morgan fingerprint density at radius 1 is 1.42 bits per heavy atom. The van der Waals surface area contributed by atoms with Crippen molar-refractivity contribution < 1.29 is 24.3 Å². The van der Waals surface area contributed by atoms with Gasteiger partial charge in [0.2, 0.25) is 5.76 Å². The summed E-state index contributed by atoms with van der Waals surface area (Å²) in [7, 11) is 1.45. The van der Waals surface area contributed by atoms with Gasteiger partial charge >= 0.3 is 5.97 Å². The van der Waals surface area contributed by atoms with Gasteiger partial charge in [-0.15, -0.1) is 0 Å². The highest BCUT2D eigenvalue weighted by atomic mass is 16.5. The molecule has 0 atom stereocenters. The molecule has 1 heterocycles. The summed E-state index contributed by atoms with van der Waals surface area (Å²) in [6.45, 7) is 1.96. The number of aromatic hydroxyl groups is 1. The van der Waals surface area contributed by atoms with Crippen LogP contribution in [0.1, 0.15) is 23.0 Å². The second kappa shape index (κ2) is 5.01. The Morgan fingerprint density at radius 3 is 2.68 bits per heavy atom. The molecule has 1 aromatic carbocycles. The number of nitrogens with zero attached hydrogens (tertiary/aromatic N) is 1. The van der Waals surface area contributed by atoms with Gasteiger partial charge < -0.3 is 19.5 Å². The molecule has 0 radical (unpaired) electrons.